The van der Waals surface area contributed by atoms with Gasteiger partial charge in [-0.25, -0.2) is 23.1 Å². The molecule has 7 nitrogen and oxygen atoms in total. The van der Waals surface area contributed by atoms with Crippen molar-refractivity contribution in [2.24, 2.45) is 5.73 Å². The number of halogens is 6. The van der Waals surface area contributed by atoms with Crippen LogP contribution in [-0.2, 0) is 0 Å². The Morgan fingerprint density at radius 2 is 2.03 bits per heavy atom. The number of amides is 1. The summed E-state index contributed by atoms with van der Waals surface area (Å²) in [6.45, 7) is -1.01. The number of aromatic nitrogens is 2. The topological polar surface area (TPSA) is 93.4 Å². The van der Waals surface area contributed by atoms with E-state index in [2.05, 4.69) is 20.0 Å². The Labute approximate surface area is 172 Å². The molecule has 0 spiro atoms. The first-order chi connectivity index (χ1) is 14.5. The average molecular weight is 449 g/mol. The molecule has 2 aromatic rings. The molecule has 13 heteroatoms. The Bertz CT molecular complexity index is 955. The number of nitrogens with zero attached hydrogens (tertiary/aromatic N) is 3. The Morgan fingerprint density at radius 3 is 2.71 bits per heavy atom. The molecule has 3 heterocycles. The summed E-state index contributed by atoms with van der Waals surface area (Å²) in [5.74, 6) is -6.11. The first kappa shape index (κ1) is 22.6. The van der Waals surface area contributed by atoms with Gasteiger partial charge in [0.1, 0.15) is 17.4 Å². The molecule has 2 aromatic heterocycles. The smallest absolute Gasteiger partial charge is 0.406 e. The van der Waals surface area contributed by atoms with Crippen molar-refractivity contribution in [3.8, 4) is 5.75 Å². The van der Waals surface area contributed by atoms with Crippen molar-refractivity contribution < 1.29 is 35.9 Å². The Morgan fingerprint density at radius 1 is 1.29 bits per heavy atom. The highest BCUT2D eigenvalue weighted by Crippen LogP contribution is 2.31. The monoisotopic (exact) mass is 449 g/mol. The van der Waals surface area contributed by atoms with Crippen molar-refractivity contribution in [2.45, 2.75) is 31.2 Å². The van der Waals surface area contributed by atoms with Gasteiger partial charge in [-0.15, -0.1) is 13.2 Å². The predicted molar refractivity (Wildman–Crippen MR) is 96.5 cm³/mol. The van der Waals surface area contributed by atoms with Crippen LogP contribution >= 0.6 is 0 Å². The van der Waals surface area contributed by atoms with Gasteiger partial charge in [0.15, 0.2) is 11.5 Å². The van der Waals surface area contributed by atoms with Gasteiger partial charge in [-0.05, 0) is 24.6 Å². The molecule has 0 bridgehead atoms. The summed E-state index contributed by atoms with van der Waals surface area (Å²) in [5.41, 5.74) is 4.83. The van der Waals surface area contributed by atoms with Crippen LogP contribution in [0.15, 0.2) is 30.5 Å². The van der Waals surface area contributed by atoms with Crippen molar-refractivity contribution in [2.75, 3.05) is 18.4 Å². The van der Waals surface area contributed by atoms with Gasteiger partial charge < -0.3 is 20.7 Å². The maximum absolute atomic E-state index is 14.3. The molecular formula is C18H17F6N5O2. The van der Waals surface area contributed by atoms with Crippen molar-refractivity contribution in [1.82, 2.24) is 14.9 Å². The van der Waals surface area contributed by atoms with E-state index in [1.54, 1.807) is 0 Å². The second kappa shape index (κ2) is 8.57. The third-order valence-corrected chi connectivity index (χ3v) is 4.49. The number of hydrogen-bond donors (Lipinski definition) is 2. The molecule has 1 amide bonds. The lowest BCUT2D eigenvalue weighted by molar-refractivity contribution is -0.274. The second-order valence-electron chi connectivity index (χ2n) is 6.79. The van der Waals surface area contributed by atoms with Crippen molar-refractivity contribution >= 4 is 17.5 Å². The minimum atomic E-state index is -4.91. The van der Waals surface area contributed by atoms with Gasteiger partial charge >= 0.3 is 6.36 Å². The highest BCUT2D eigenvalue weighted by molar-refractivity contribution is 5.93. The van der Waals surface area contributed by atoms with Gasteiger partial charge in [-0.1, -0.05) is 0 Å². The lowest BCUT2D eigenvalue weighted by atomic mass is 9.98. The number of hydrogen-bond acceptors (Lipinski definition) is 6. The van der Waals surface area contributed by atoms with Crippen LogP contribution in [0.1, 0.15) is 23.3 Å². The number of pyridine rings is 2. The van der Waals surface area contributed by atoms with Gasteiger partial charge in [-0.3, -0.25) is 4.79 Å². The number of nitrogens with two attached hydrogens (primary N) is 1. The predicted octanol–water partition coefficient (Wildman–Crippen LogP) is 3.46. The zero-order valence-electron chi connectivity index (χ0n) is 15.8. The molecule has 1 fully saturated rings. The molecule has 3 N–H and O–H groups in total. The first-order valence-electron chi connectivity index (χ1n) is 9.02. The van der Waals surface area contributed by atoms with E-state index >= 15 is 0 Å². The van der Waals surface area contributed by atoms with E-state index in [-0.39, 0.29) is 24.6 Å². The number of rotatable bonds is 5. The van der Waals surface area contributed by atoms with E-state index in [4.69, 9.17) is 5.73 Å². The summed E-state index contributed by atoms with van der Waals surface area (Å²) >= 11 is 0. The minimum Gasteiger partial charge on any atom is -0.406 e. The van der Waals surface area contributed by atoms with E-state index < -0.39 is 54.5 Å². The molecule has 0 aliphatic carbocycles. The summed E-state index contributed by atoms with van der Waals surface area (Å²) in [6, 6.07) is 3.15. The van der Waals surface area contributed by atoms with Crippen LogP contribution < -0.4 is 15.8 Å². The number of piperidine rings is 1. The maximum Gasteiger partial charge on any atom is 0.573 e. The number of ether oxygens (including phenoxy) is 1. The number of nitrogens with one attached hydrogen (secondary N) is 1. The largest absolute Gasteiger partial charge is 0.573 e. The van der Waals surface area contributed by atoms with Gasteiger partial charge in [0.25, 0.3) is 11.8 Å². The first-order valence-corrected chi connectivity index (χ1v) is 9.02. The van der Waals surface area contributed by atoms with E-state index in [1.165, 1.54) is 0 Å². The summed E-state index contributed by atoms with van der Waals surface area (Å²) in [4.78, 5) is 21.1. The molecule has 0 aromatic carbocycles. The molecule has 0 radical (unpaired) electrons. The Hall–Kier alpha value is -3.09. The molecule has 1 atom stereocenters. The van der Waals surface area contributed by atoms with Gasteiger partial charge in [0.05, 0.1) is 6.54 Å². The Kier molecular flexibility index (Phi) is 6.25. The third-order valence-electron chi connectivity index (χ3n) is 4.49. The second-order valence-corrected chi connectivity index (χ2v) is 6.79. The number of likely N-dealkylation sites (tertiary alicyclic amines) is 1. The van der Waals surface area contributed by atoms with Crippen LogP contribution in [0.25, 0.3) is 0 Å². The summed E-state index contributed by atoms with van der Waals surface area (Å²) in [6.07, 6.45) is -4.38. The SMILES string of the molecule is NC[C@H]1CCC(F)(F)CN1C(=O)c1nc(Nc2cc(OC(F)(F)F)ccn2)ccc1F. The zero-order valence-corrected chi connectivity index (χ0v) is 15.8. The fourth-order valence-electron chi connectivity index (χ4n) is 3.08. The van der Waals surface area contributed by atoms with Crippen LogP contribution in [0.3, 0.4) is 0 Å². The molecule has 168 valence electrons. The van der Waals surface area contributed by atoms with Crippen LogP contribution in [0.5, 0.6) is 5.75 Å². The molecule has 0 saturated carbocycles. The molecule has 31 heavy (non-hydrogen) atoms. The maximum atomic E-state index is 14.3. The number of anilines is 2. The fourth-order valence-corrected chi connectivity index (χ4v) is 3.08. The van der Waals surface area contributed by atoms with E-state index in [0.717, 1.165) is 35.4 Å². The molecule has 1 aliphatic heterocycles. The Balaban J connectivity index is 1.83. The highest BCUT2D eigenvalue weighted by Gasteiger charge is 2.42. The van der Waals surface area contributed by atoms with Crippen LogP contribution in [0, 0.1) is 5.82 Å². The van der Waals surface area contributed by atoms with Gasteiger partial charge in [-0.2, -0.15) is 0 Å². The molecule has 3 rings (SSSR count). The summed E-state index contributed by atoms with van der Waals surface area (Å²) in [7, 11) is 0. The van der Waals surface area contributed by atoms with Crippen molar-refractivity contribution in [3.63, 3.8) is 0 Å². The van der Waals surface area contributed by atoms with E-state index in [1.807, 2.05) is 0 Å². The molecule has 0 unspecified atom stereocenters. The van der Waals surface area contributed by atoms with Crippen LogP contribution in [0.4, 0.5) is 38.0 Å². The zero-order chi connectivity index (χ0) is 22.8. The minimum absolute atomic E-state index is 0.0509. The lowest BCUT2D eigenvalue weighted by Gasteiger charge is -2.38. The standard InChI is InChI=1S/C18H17F6N5O2/c19-12-1-2-13(27-14-7-11(4-6-26-14)31-18(22,23)24)28-15(12)16(30)29-9-17(20,21)5-3-10(29)8-25/h1-2,4,6-7,10H,3,5,8-9,25H2,(H,26,27,28)/t10-/m1/s1. The normalized spacial score (nSPS) is 18.5. The third kappa shape index (κ3) is 5.75. The quantitative estimate of drug-likeness (QED) is 0.680. The number of carbonyl (C=O) groups is 1. The van der Waals surface area contributed by atoms with Crippen LogP contribution in [0.2, 0.25) is 0 Å². The summed E-state index contributed by atoms with van der Waals surface area (Å²) < 4.78 is 82.7. The molecule has 1 saturated heterocycles. The lowest BCUT2D eigenvalue weighted by Crippen LogP contribution is -2.54. The van der Waals surface area contributed by atoms with Crippen LogP contribution in [-0.4, -0.2) is 52.2 Å². The van der Waals surface area contributed by atoms with E-state index in [9.17, 15) is 31.1 Å². The number of alkyl halides is 5. The number of carbonyl (C=O) groups excluding carboxylic acids is 1. The van der Waals surface area contributed by atoms with Crippen molar-refractivity contribution in [3.05, 3.63) is 42.0 Å². The summed E-state index contributed by atoms with van der Waals surface area (Å²) in [5, 5.41) is 2.52. The van der Waals surface area contributed by atoms with Gasteiger partial charge in [0.2, 0.25) is 0 Å². The van der Waals surface area contributed by atoms with Gasteiger partial charge in [0, 0.05) is 31.3 Å². The molecular weight excluding hydrogens is 432 g/mol. The average Bonchev–Trinajstić information content (AvgIpc) is 2.67. The van der Waals surface area contributed by atoms with Crippen molar-refractivity contribution in [1.29, 1.82) is 0 Å². The fraction of sp³-hybridized carbons (Fsp3) is 0.389. The molecule has 1 aliphatic rings. The van der Waals surface area contributed by atoms with E-state index in [0.29, 0.717) is 0 Å². The highest BCUT2D eigenvalue weighted by atomic mass is 19.4.